The summed E-state index contributed by atoms with van der Waals surface area (Å²) in [7, 11) is 0. The molecule has 0 spiro atoms. The average molecular weight is 470 g/mol. The quantitative estimate of drug-likeness (QED) is 0.719. The summed E-state index contributed by atoms with van der Waals surface area (Å²) in [4.78, 5) is 38.5. The highest BCUT2D eigenvalue weighted by Gasteiger charge is 2.58. The van der Waals surface area contributed by atoms with Gasteiger partial charge in [-0.1, -0.05) is 31.5 Å². The largest absolute Gasteiger partial charge is 0.337 e. The van der Waals surface area contributed by atoms with Crippen molar-refractivity contribution >= 4 is 29.1 Å². The lowest BCUT2D eigenvalue weighted by Crippen LogP contribution is -2.37. The van der Waals surface area contributed by atoms with Crippen molar-refractivity contribution in [2.45, 2.75) is 41.0 Å². The van der Waals surface area contributed by atoms with Crippen LogP contribution in [0.4, 0.5) is 5.69 Å². The molecule has 7 nitrogen and oxygen atoms in total. The lowest BCUT2D eigenvalue weighted by atomic mass is 9.71. The van der Waals surface area contributed by atoms with Crippen molar-refractivity contribution in [2.75, 3.05) is 38.0 Å². The molecule has 2 aromatic rings. The molecule has 8 heteroatoms. The van der Waals surface area contributed by atoms with E-state index in [4.69, 9.17) is 11.6 Å². The maximum absolute atomic E-state index is 13.3. The Kier molecular flexibility index (Phi) is 6.22. The summed E-state index contributed by atoms with van der Waals surface area (Å²) in [6, 6.07) is 5.55. The molecule has 4 rings (SSSR count). The predicted molar refractivity (Wildman–Crippen MR) is 129 cm³/mol. The van der Waals surface area contributed by atoms with Crippen molar-refractivity contribution in [1.29, 1.82) is 0 Å². The fraction of sp³-hybridized carbons (Fsp3) is 0.520. The number of amides is 2. The second-order valence-electron chi connectivity index (χ2n) is 10.2. The lowest BCUT2D eigenvalue weighted by Gasteiger charge is -2.30. The zero-order valence-electron chi connectivity index (χ0n) is 20.0. The summed E-state index contributed by atoms with van der Waals surface area (Å²) in [5.74, 6) is -0.000691. The van der Waals surface area contributed by atoms with Crippen LogP contribution in [0.25, 0.3) is 0 Å². The molecule has 1 aromatic carbocycles. The van der Waals surface area contributed by atoms with E-state index >= 15 is 0 Å². The van der Waals surface area contributed by atoms with Crippen molar-refractivity contribution in [3.05, 3.63) is 52.1 Å². The Morgan fingerprint density at radius 3 is 2.21 bits per heavy atom. The third-order valence-corrected chi connectivity index (χ3v) is 7.93. The Hall–Kier alpha value is -2.51. The van der Waals surface area contributed by atoms with Crippen molar-refractivity contribution in [3.63, 3.8) is 0 Å². The Morgan fingerprint density at radius 2 is 1.64 bits per heavy atom. The fourth-order valence-corrected chi connectivity index (χ4v) is 5.50. The topological polar surface area (TPSA) is 78.4 Å². The molecule has 2 atom stereocenters. The molecule has 2 fully saturated rings. The van der Waals surface area contributed by atoms with Crippen LogP contribution in [-0.4, -0.2) is 64.3 Å². The van der Waals surface area contributed by atoms with Gasteiger partial charge in [-0.05, 0) is 38.5 Å². The summed E-state index contributed by atoms with van der Waals surface area (Å²) in [5, 5.41) is 3.59. The van der Waals surface area contributed by atoms with E-state index in [0.717, 1.165) is 35.7 Å². The first-order chi connectivity index (χ1) is 15.5. The first-order valence-electron chi connectivity index (χ1n) is 11.4. The van der Waals surface area contributed by atoms with Gasteiger partial charge < -0.3 is 15.1 Å². The molecular formula is C25H32ClN5O2. The number of rotatable bonds is 5. The second kappa shape index (κ2) is 8.69. The summed E-state index contributed by atoms with van der Waals surface area (Å²) in [5.41, 5.74) is 3.72. The lowest BCUT2D eigenvalue weighted by molar-refractivity contribution is -0.116. The number of aromatic nitrogens is 2. The number of hydrogen-bond acceptors (Lipinski definition) is 5. The van der Waals surface area contributed by atoms with Crippen molar-refractivity contribution in [3.8, 4) is 0 Å². The van der Waals surface area contributed by atoms with Gasteiger partial charge in [0.2, 0.25) is 5.91 Å². The summed E-state index contributed by atoms with van der Waals surface area (Å²) in [6.45, 7) is 14.0. The maximum Gasteiger partial charge on any atom is 0.257 e. The highest BCUT2D eigenvalue weighted by atomic mass is 35.5. The number of hydrogen-bond donors (Lipinski definition) is 1. The van der Waals surface area contributed by atoms with Gasteiger partial charge in [0.05, 0.1) is 17.0 Å². The highest BCUT2D eigenvalue weighted by Crippen LogP contribution is 2.51. The number of nitrogens with one attached hydrogen (secondary N) is 1. The first-order valence-corrected chi connectivity index (χ1v) is 11.7. The standard InChI is InChI=1S/C25H32ClN5O2/c1-16-6-7-19(10-20(16)26)29-21(32)8-9-30-11-24(4)13-31(14-25(24,5)12-30)23(33)22-17(2)27-15-28-18(22)3/h6-7,10,15H,8-9,11-14H2,1-5H3,(H,29,32). The molecule has 2 amide bonds. The summed E-state index contributed by atoms with van der Waals surface area (Å²) < 4.78 is 0. The van der Waals surface area contributed by atoms with Crippen molar-refractivity contribution < 1.29 is 9.59 Å². The zero-order valence-corrected chi connectivity index (χ0v) is 20.8. The number of benzene rings is 1. The summed E-state index contributed by atoms with van der Waals surface area (Å²) in [6.07, 6.45) is 1.92. The van der Waals surface area contributed by atoms with E-state index in [1.807, 2.05) is 37.8 Å². The van der Waals surface area contributed by atoms with Crippen LogP contribution >= 0.6 is 11.6 Å². The van der Waals surface area contributed by atoms with Gasteiger partial charge in [-0.15, -0.1) is 0 Å². The Balaban J connectivity index is 1.35. The highest BCUT2D eigenvalue weighted by molar-refractivity contribution is 6.31. The fourth-order valence-electron chi connectivity index (χ4n) is 5.32. The van der Waals surface area contributed by atoms with Crippen molar-refractivity contribution in [2.24, 2.45) is 10.8 Å². The van der Waals surface area contributed by atoms with Gasteiger partial charge in [0.1, 0.15) is 6.33 Å². The molecule has 3 heterocycles. The van der Waals surface area contributed by atoms with Crippen LogP contribution in [0.15, 0.2) is 24.5 Å². The van der Waals surface area contributed by atoms with Crippen LogP contribution in [0.5, 0.6) is 0 Å². The molecule has 1 aromatic heterocycles. The van der Waals surface area contributed by atoms with Crippen LogP contribution in [0.1, 0.15) is 47.6 Å². The average Bonchev–Trinajstić information content (AvgIpc) is 3.13. The molecule has 0 bridgehead atoms. The number of likely N-dealkylation sites (tertiary alicyclic amines) is 2. The van der Waals surface area contributed by atoms with Gasteiger partial charge >= 0.3 is 0 Å². The van der Waals surface area contributed by atoms with Gasteiger partial charge in [0.15, 0.2) is 0 Å². The summed E-state index contributed by atoms with van der Waals surface area (Å²) >= 11 is 6.16. The third kappa shape index (κ3) is 4.49. The number of aryl methyl sites for hydroxylation is 3. The first kappa shape index (κ1) is 23.6. The number of anilines is 1. The molecule has 2 aliphatic heterocycles. The van der Waals surface area contributed by atoms with E-state index in [9.17, 15) is 9.59 Å². The smallest absolute Gasteiger partial charge is 0.257 e. The number of halogens is 1. The molecule has 2 saturated heterocycles. The van der Waals surface area contributed by atoms with Gasteiger partial charge in [-0.2, -0.15) is 0 Å². The van der Waals surface area contributed by atoms with E-state index in [-0.39, 0.29) is 22.6 Å². The number of carbonyl (C=O) groups is 2. The minimum absolute atomic E-state index is 0.0186. The molecule has 1 N–H and O–H groups in total. The van der Waals surface area contributed by atoms with E-state index in [2.05, 4.69) is 34.0 Å². The van der Waals surface area contributed by atoms with E-state index in [0.29, 0.717) is 36.6 Å². The van der Waals surface area contributed by atoms with E-state index in [1.54, 1.807) is 6.07 Å². The molecule has 0 aliphatic carbocycles. The van der Waals surface area contributed by atoms with Crippen LogP contribution in [0.3, 0.4) is 0 Å². The van der Waals surface area contributed by atoms with E-state index in [1.165, 1.54) is 6.33 Å². The monoisotopic (exact) mass is 469 g/mol. The molecule has 2 unspecified atom stereocenters. The van der Waals surface area contributed by atoms with Crippen LogP contribution in [0.2, 0.25) is 5.02 Å². The molecule has 2 aliphatic rings. The predicted octanol–water partition coefficient (Wildman–Crippen LogP) is 3.87. The Bertz CT molecular complexity index is 1070. The molecule has 33 heavy (non-hydrogen) atoms. The molecular weight excluding hydrogens is 438 g/mol. The Labute approximate surface area is 200 Å². The SMILES string of the molecule is Cc1ccc(NC(=O)CCN2CC3(C)CN(C(=O)c4c(C)ncnc4C)CC3(C)C2)cc1Cl. The Morgan fingerprint density at radius 1 is 1.03 bits per heavy atom. The molecule has 176 valence electrons. The van der Waals surface area contributed by atoms with Crippen LogP contribution in [-0.2, 0) is 4.79 Å². The maximum atomic E-state index is 13.3. The number of carbonyl (C=O) groups excluding carboxylic acids is 2. The normalized spacial score (nSPS) is 24.7. The number of nitrogens with zero attached hydrogens (tertiary/aromatic N) is 4. The number of fused-ring (bicyclic) bond motifs is 1. The molecule has 0 radical (unpaired) electrons. The molecule has 0 saturated carbocycles. The minimum Gasteiger partial charge on any atom is -0.337 e. The van der Waals surface area contributed by atoms with Gasteiger partial charge in [0, 0.05) is 60.7 Å². The van der Waals surface area contributed by atoms with Crippen LogP contribution < -0.4 is 5.32 Å². The minimum atomic E-state index is -0.0267. The second-order valence-corrected chi connectivity index (χ2v) is 10.6. The van der Waals surface area contributed by atoms with E-state index < -0.39 is 0 Å². The van der Waals surface area contributed by atoms with Crippen molar-refractivity contribution in [1.82, 2.24) is 19.8 Å². The van der Waals surface area contributed by atoms with Gasteiger partial charge in [0.25, 0.3) is 5.91 Å². The van der Waals surface area contributed by atoms with Crippen LogP contribution in [0, 0.1) is 31.6 Å². The van der Waals surface area contributed by atoms with Gasteiger partial charge in [-0.25, -0.2) is 9.97 Å². The van der Waals surface area contributed by atoms with Gasteiger partial charge in [-0.3, -0.25) is 9.59 Å². The zero-order chi connectivity index (χ0) is 24.0. The third-order valence-electron chi connectivity index (χ3n) is 7.52.